The molecule has 4 aromatic rings. The Hall–Kier alpha value is -3.18. The minimum Gasteiger partial charge on any atom is -0.360 e. The highest BCUT2D eigenvalue weighted by atomic mass is 32.1. The van der Waals surface area contributed by atoms with Crippen molar-refractivity contribution in [1.29, 1.82) is 0 Å². The van der Waals surface area contributed by atoms with E-state index in [1.807, 2.05) is 35.3 Å². The Morgan fingerprint density at radius 3 is 2.57 bits per heavy atom. The van der Waals surface area contributed by atoms with Crippen LogP contribution >= 0.6 is 11.3 Å². The van der Waals surface area contributed by atoms with Gasteiger partial charge in [-0.25, -0.2) is 4.68 Å². The lowest BCUT2D eigenvalue weighted by molar-refractivity contribution is 0.816. The standard InChI is InChI=1S/C23H22N4S/c1-18-9-11-20(12-10-18)22-17-28-23(25-15-13-19-6-3-2-4-7-19)27(22)26-16-21-8-5-14-24-21/h2-12,14,16-17,24H,13,15H2,1H3. The van der Waals surface area contributed by atoms with Crippen molar-refractivity contribution in [3.63, 3.8) is 0 Å². The van der Waals surface area contributed by atoms with Gasteiger partial charge in [-0.2, -0.15) is 5.10 Å². The first-order valence-corrected chi connectivity index (χ1v) is 10.2. The van der Waals surface area contributed by atoms with Gasteiger partial charge in [-0.05, 0) is 31.0 Å². The molecular formula is C23H22N4S. The van der Waals surface area contributed by atoms with E-state index in [4.69, 9.17) is 10.1 Å². The number of nitrogens with one attached hydrogen (secondary N) is 1. The number of aryl methyl sites for hydroxylation is 1. The van der Waals surface area contributed by atoms with E-state index in [1.54, 1.807) is 11.3 Å². The van der Waals surface area contributed by atoms with E-state index in [9.17, 15) is 0 Å². The predicted molar refractivity (Wildman–Crippen MR) is 117 cm³/mol. The highest BCUT2D eigenvalue weighted by molar-refractivity contribution is 7.07. The zero-order valence-corrected chi connectivity index (χ0v) is 16.6. The van der Waals surface area contributed by atoms with E-state index in [0.717, 1.165) is 34.7 Å². The fourth-order valence-electron chi connectivity index (χ4n) is 2.91. The SMILES string of the molecule is Cc1ccc(-c2csc(=NCCc3ccccc3)n2N=Cc2ccc[nH]2)cc1. The number of benzene rings is 2. The van der Waals surface area contributed by atoms with E-state index in [1.165, 1.54) is 11.1 Å². The quantitative estimate of drug-likeness (QED) is 0.459. The Bertz CT molecular complexity index is 1100. The zero-order chi connectivity index (χ0) is 19.2. The minimum atomic E-state index is 0.732. The van der Waals surface area contributed by atoms with Crippen molar-refractivity contribution < 1.29 is 0 Å². The minimum absolute atomic E-state index is 0.732. The second kappa shape index (κ2) is 8.67. The predicted octanol–water partition coefficient (Wildman–Crippen LogP) is 4.88. The second-order valence-electron chi connectivity index (χ2n) is 6.57. The van der Waals surface area contributed by atoms with Crippen molar-refractivity contribution in [3.8, 4) is 11.3 Å². The van der Waals surface area contributed by atoms with Crippen LogP contribution in [-0.4, -0.2) is 22.4 Å². The molecule has 0 spiro atoms. The average molecular weight is 387 g/mol. The Morgan fingerprint density at radius 1 is 1.00 bits per heavy atom. The number of aromatic amines is 1. The Morgan fingerprint density at radius 2 is 1.82 bits per heavy atom. The largest absolute Gasteiger partial charge is 0.360 e. The van der Waals surface area contributed by atoms with Crippen molar-refractivity contribution in [2.45, 2.75) is 13.3 Å². The van der Waals surface area contributed by atoms with Crippen molar-refractivity contribution in [3.05, 3.63) is 99.9 Å². The van der Waals surface area contributed by atoms with Crippen LogP contribution in [0.1, 0.15) is 16.8 Å². The molecule has 0 fully saturated rings. The summed E-state index contributed by atoms with van der Waals surface area (Å²) in [7, 11) is 0. The molecule has 1 N–H and O–H groups in total. The fourth-order valence-corrected chi connectivity index (χ4v) is 3.78. The second-order valence-corrected chi connectivity index (χ2v) is 7.41. The van der Waals surface area contributed by atoms with Crippen molar-refractivity contribution in [2.75, 3.05) is 6.54 Å². The topological polar surface area (TPSA) is 45.4 Å². The summed E-state index contributed by atoms with van der Waals surface area (Å²) in [6.45, 7) is 2.83. The molecule has 2 aromatic carbocycles. The summed E-state index contributed by atoms with van der Waals surface area (Å²) in [4.78, 5) is 8.88. The Labute approximate surface area is 168 Å². The van der Waals surface area contributed by atoms with Crippen LogP contribution in [0.4, 0.5) is 0 Å². The maximum Gasteiger partial charge on any atom is 0.206 e. The van der Waals surface area contributed by atoms with Gasteiger partial charge in [0.1, 0.15) is 0 Å². The zero-order valence-electron chi connectivity index (χ0n) is 15.7. The first-order valence-electron chi connectivity index (χ1n) is 9.29. The maximum absolute atomic E-state index is 4.82. The molecule has 2 aromatic heterocycles. The van der Waals surface area contributed by atoms with Gasteiger partial charge < -0.3 is 4.98 Å². The normalized spacial score (nSPS) is 12.1. The first kappa shape index (κ1) is 18.2. The molecule has 0 saturated heterocycles. The number of hydrogen-bond acceptors (Lipinski definition) is 3. The van der Waals surface area contributed by atoms with Crippen LogP contribution in [0.2, 0.25) is 0 Å². The maximum atomic E-state index is 4.82. The monoisotopic (exact) mass is 386 g/mol. The van der Waals surface area contributed by atoms with Crippen LogP contribution in [0.5, 0.6) is 0 Å². The number of rotatable bonds is 6. The van der Waals surface area contributed by atoms with Gasteiger partial charge in [-0.3, -0.25) is 4.99 Å². The molecule has 28 heavy (non-hydrogen) atoms. The van der Waals surface area contributed by atoms with Crippen molar-refractivity contribution >= 4 is 17.6 Å². The highest BCUT2D eigenvalue weighted by Crippen LogP contribution is 2.20. The number of H-pyrrole nitrogens is 1. The van der Waals surface area contributed by atoms with E-state index in [-0.39, 0.29) is 0 Å². The highest BCUT2D eigenvalue weighted by Gasteiger charge is 2.07. The summed E-state index contributed by atoms with van der Waals surface area (Å²) in [5.41, 5.74) is 5.68. The number of hydrogen-bond donors (Lipinski definition) is 1. The summed E-state index contributed by atoms with van der Waals surface area (Å²) in [6, 6.07) is 22.9. The summed E-state index contributed by atoms with van der Waals surface area (Å²) in [5, 5.41) is 6.83. The molecule has 4 rings (SSSR count). The molecule has 2 heterocycles. The molecule has 0 aliphatic carbocycles. The summed E-state index contributed by atoms with van der Waals surface area (Å²) in [5.74, 6) is 0. The third-order valence-corrected chi connectivity index (χ3v) is 5.31. The molecule has 5 heteroatoms. The van der Waals surface area contributed by atoms with Gasteiger partial charge in [0, 0.05) is 23.7 Å². The molecule has 0 atom stereocenters. The summed E-state index contributed by atoms with van der Waals surface area (Å²) < 4.78 is 1.93. The fraction of sp³-hybridized carbons (Fsp3) is 0.130. The van der Waals surface area contributed by atoms with Gasteiger partial charge in [0.05, 0.1) is 17.6 Å². The molecule has 0 bridgehead atoms. The van der Waals surface area contributed by atoms with E-state index >= 15 is 0 Å². The first-order chi connectivity index (χ1) is 13.8. The molecule has 0 amide bonds. The number of thiazole rings is 1. The average Bonchev–Trinajstić information content (AvgIpc) is 3.38. The van der Waals surface area contributed by atoms with Crippen LogP contribution in [-0.2, 0) is 6.42 Å². The van der Waals surface area contributed by atoms with Gasteiger partial charge >= 0.3 is 0 Å². The van der Waals surface area contributed by atoms with Gasteiger partial charge in [-0.1, -0.05) is 60.2 Å². The van der Waals surface area contributed by atoms with E-state index in [2.05, 4.69) is 65.8 Å². The molecule has 0 saturated carbocycles. The number of nitrogens with zero attached hydrogens (tertiary/aromatic N) is 3. The molecule has 0 aliphatic heterocycles. The Kier molecular flexibility index (Phi) is 5.64. The van der Waals surface area contributed by atoms with Gasteiger partial charge in [-0.15, -0.1) is 11.3 Å². The van der Waals surface area contributed by atoms with E-state index < -0.39 is 0 Å². The van der Waals surface area contributed by atoms with Crippen LogP contribution in [0.25, 0.3) is 11.3 Å². The molecule has 4 nitrogen and oxygen atoms in total. The van der Waals surface area contributed by atoms with Gasteiger partial charge in [0.25, 0.3) is 0 Å². The third-order valence-electron chi connectivity index (χ3n) is 4.46. The lowest BCUT2D eigenvalue weighted by atomic mass is 10.1. The van der Waals surface area contributed by atoms with Gasteiger partial charge in [0.15, 0.2) is 0 Å². The van der Waals surface area contributed by atoms with Gasteiger partial charge in [0.2, 0.25) is 4.80 Å². The molecule has 0 aliphatic rings. The van der Waals surface area contributed by atoms with Crippen molar-refractivity contribution in [1.82, 2.24) is 9.66 Å². The lowest BCUT2D eigenvalue weighted by Gasteiger charge is -2.04. The van der Waals surface area contributed by atoms with Crippen molar-refractivity contribution in [2.24, 2.45) is 10.1 Å². The molecular weight excluding hydrogens is 364 g/mol. The van der Waals surface area contributed by atoms with E-state index in [0.29, 0.717) is 0 Å². The van der Waals surface area contributed by atoms with Crippen LogP contribution in [0.3, 0.4) is 0 Å². The summed E-state index contributed by atoms with van der Waals surface area (Å²) >= 11 is 1.62. The smallest absolute Gasteiger partial charge is 0.206 e. The lowest BCUT2D eigenvalue weighted by Crippen LogP contribution is -2.13. The molecule has 140 valence electrons. The third kappa shape index (κ3) is 4.38. The van der Waals surface area contributed by atoms with Crippen LogP contribution in [0, 0.1) is 6.92 Å². The molecule has 0 unspecified atom stereocenters. The van der Waals surface area contributed by atoms with Crippen LogP contribution in [0.15, 0.2) is 88.4 Å². The Balaban J connectivity index is 1.67. The van der Waals surface area contributed by atoms with Crippen LogP contribution < -0.4 is 4.80 Å². The number of aromatic nitrogens is 2. The molecule has 0 radical (unpaired) electrons. The summed E-state index contributed by atoms with van der Waals surface area (Å²) in [6.07, 6.45) is 4.64.